The molecule has 0 spiro atoms. The molecule has 190 valence electrons. The highest BCUT2D eigenvalue weighted by molar-refractivity contribution is 5.65. The molecule has 1 aromatic heterocycles. The van der Waals surface area contributed by atoms with Crippen LogP contribution in [0.25, 0.3) is 0 Å². The van der Waals surface area contributed by atoms with Crippen molar-refractivity contribution in [3.8, 4) is 6.01 Å². The molecular weight excluding hydrogens is 471 g/mol. The van der Waals surface area contributed by atoms with Crippen LogP contribution in [0.5, 0.6) is 6.01 Å². The zero-order chi connectivity index (χ0) is 25.4. The Morgan fingerprint density at radius 1 is 1.31 bits per heavy atom. The van der Waals surface area contributed by atoms with Gasteiger partial charge in [-0.1, -0.05) is 12.1 Å². The molecule has 1 N–H and O–H groups in total. The van der Waals surface area contributed by atoms with Crippen LogP contribution in [0.4, 0.5) is 23.8 Å². The van der Waals surface area contributed by atoms with E-state index in [2.05, 4.69) is 9.88 Å². The second kappa shape index (κ2) is 9.36. The molecule has 0 radical (unpaired) electrons. The van der Waals surface area contributed by atoms with Crippen molar-refractivity contribution in [2.45, 2.75) is 50.6 Å². The molecule has 1 atom stereocenters. The van der Waals surface area contributed by atoms with Crippen molar-refractivity contribution in [1.29, 1.82) is 0 Å². The number of carboxylic acid groups (broad SMARTS) is 1. The first kappa shape index (κ1) is 24.8. The Hall–Kier alpha value is -3.35. The summed E-state index contributed by atoms with van der Waals surface area (Å²) in [6.07, 6.45) is -2.54. The lowest BCUT2D eigenvalue weighted by Gasteiger charge is -2.39. The van der Waals surface area contributed by atoms with Gasteiger partial charge < -0.3 is 24.9 Å². The van der Waals surface area contributed by atoms with E-state index in [-0.39, 0.29) is 24.4 Å². The number of halogens is 3. The first-order valence-electron chi connectivity index (χ1n) is 11.2. The standard InChI is InChI=1S/C22H26F3N5O5/c1-21(14-28-12-18(30(33)34)26-19(28)35-21)13-27-9-7-17(8-10-27)29(20(31)32)11-6-15-2-4-16(5-3-15)22(23,24)25/h2-5,12,17H,6-11,13-14H2,1H3,(H,31,32)/t21-/m0/s1. The second-order valence-electron chi connectivity index (χ2n) is 9.25. The van der Waals surface area contributed by atoms with Crippen molar-refractivity contribution in [3.05, 3.63) is 51.7 Å². The van der Waals surface area contributed by atoms with Crippen LogP contribution < -0.4 is 4.74 Å². The number of alkyl halides is 3. The number of hydrogen-bond donors (Lipinski definition) is 1. The molecule has 0 aliphatic carbocycles. The first-order valence-corrected chi connectivity index (χ1v) is 11.2. The average molecular weight is 497 g/mol. The summed E-state index contributed by atoms with van der Waals surface area (Å²) in [5, 5.41) is 20.6. The number of hydrogen-bond acceptors (Lipinski definition) is 6. The molecule has 0 saturated carbocycles. The molecular formula is C22H26F3N5O5. The molecule has 0 bridgehead atoms. The Morgan fingerprint density at radius 2 is 1.97 bits per heavy atom. The number of amides is 1. The molecule has 10 nitrogen and oxygen atoms in total. The number of piperidine rings is 1. The van der Waals surface area contributed by atoms with E-state index in [1.54, 1.807) is 4.57 Å². The van der Waals surface area contributed by atoms with E-state index in [1.165, 1.54) is 23.2 Å². The third-order valence-corrected chi connectivity index (χ3v) is 6.48. The lowest BCUT2D eigenvalue weighted by molar-refractivity contribution is -0.389. The Bertz CT molecular complexity index is 1060. The van der Waals surface area contributed by atoms with Gasteiger partial charge in [0, 0.05) is 37.2 Å². The van der Waals surface area contributed by atoms with Crippen LogP contribution in [0.1, 0.15) is 30.9 Å². The molecule has 0 unspecified atom stereocenters. The fourth-order valence-electron chi connectivity index (χ4n) is 4.77. The van der Waals surface area contributed by atoms with Gasteiger partial charge in [-0.05, 0) is 48.8 Å². The molecule has 1 amide bonds. The first-order chi connectivity index (χ1) is 16.4. The van der Waals surface area contributed by atoms with Crippen LogP contribution in [-0.4, -0.2) is 73.3 Å². The summed E-state index contributed by atoms with van der Waals surface area (Å²) in [6.45, 7) is 4.40. The van der Waals surface area contributed by atoms with E-state index < -0.39 is 28.4 Å². The number of likely N-dealkylation sites (tertiary alicyclic amines) is 1. The number of rotatable bonds is 7. The third kappa shape index (κ3) is 5.66. The quantitative estimate of drug-likeness (QED) is 0.459. The summed E-state index contributed by atoms with van der Waals surface area (Å²) in [5.74, 6) is -0.257. The fourth-order valence-corrected chi connectivity index (χ4v) is 4.77. The maximum Gasteiger partial charge on any atom is 0.416 e. The van der Waals surface area contributed by atoms with E-state index in [1.807, 2.05) is 6.92 Å². The molecule has 1 saturated heterocycles. The summed E-state index contributed by atoms with van der Waals surface area (Å²) in [6, 6.07) is 4.81. The van der Waals surface area contributed by atoms with Crippen LogP contribution in [-0.2, 0) is 19.1 Å². The predicted molar refractivity (Wildman–Crippen MR) is 117 cm³/mol. The topological polar surface area (TPSA) is 114 Å². The molecule has 2 aliphatic heterocycles. The monoisotopic (exact) mass is 497 g/mol. The van der Waals surface area contributed by atoms with Crippen LogP contribution in [0.3, 0.4) is 0 Å². The number of ether oxygens (including phenoxy) is 1. The van der Waals surface area contributed by atoms with Gasteiger partial charge >= 0.3 is 24.1 Å². The zero-order valence-corrected chi connectivity index (χ0v) is 19.1. The number of imidazole rings is 1. The van der Waals surface area contributed by atoms with E-state index in [9.17, 15) is 33.2 Å². The molecule has 1 aromatic carbocycles. The molecule has 4 rings (SSSR count). The van der Waals surface area contributed by atoms with Gasteiger partial charge in [0.15, 0.2) is 0 Å². The maximum atomic E-state index is 12.7. The highest BCUT2D eigenvalue weighted by Crippen LogP contribution is 2.32. The highest BCUT2D eigenvalue weighted by Gasteiger charge is 2.42. The van der Waals surface area contributed by atoms with Gasteiger partial charge in [0.1, 0.15) is 11.8 Å². The number of aromatic nitrogens is 2. The smallest absolute Gasteiger partial charge is 0.416 e. The van der Waals surface area contributed by atoms with Crippen molar-refractivity contribution in [2.75, 3.05) is 26.2 Å². The number of carbonyl (C=O) groups is 1. The minimum absolute atomic E-state index is 0.186. The van der Waals surface area contributed by atoms with E-state index in [4.69, 9.17) is 4.74 Å². The fraction of sp³-hybridized carbons (Fsp3) is 0.545. The second-order valence-corrected chi connectivity index (χ2v) is 9.25. The normalized spacial score (nSPS) is 20.9. The van der Waals surface area contributed by atoms with E-state index in [0.29, 0.717) is 51.0 Å². The average Bonchev–Trinajstić information content (AvgIpc) is 3.29. The molecule has 3 heterocycles. The van der Waals surface area contributed by atoms with Crippen molar-refractivity contribution in [1.82, 2.24) is 19.4 Å². The van der Waals surface area contributed by atoms with Crippen molar-refractivity contribution >= 4 is 11.9 Å². The Kier molecular flexibility index (Phi) is 6.62. The molecule has 13 heteroatoms. The van der Waals surface area contributed by atoms with Crippen molar-refractivity contribution in [2.24, 2.45) is 0 Å². The van der Waals surface area contributed by atoms with Gasteiger partial charge in [0.25, 0.3) is 0 Å². The van der Waals surface area contributed by atoms with Crippen molar-refractivity contribution < 1.29 is 32.7 Å². The number of fused-ring (bicyclic) bond motifs is 1. The minimum atomic E-state index is -4.40. The van der Waals surface area contributed by atoms with E-state index >= 15 is 0 Å². The number of benzene rings is 1. The Labute approximate surface area is 199 Å². The van der Waals surface area contributed by atoms with Crippen LogP contribution >= 0.6 is 0 Å². The number of nitrogens with zero attached hydrogens (tertiary/aromatic N) is 5. The third-order valence-electron chi connectivity index (χ3n) is 6.48. The summed E-state index contributed by atoms with van der Waals surface area (Å²) in [4.78, 5) is 29.6. The molecule has 1 fully saturated rings. The molecule has 2 aliphatic rings. The lowest BCUT2D eigenvalue weighted by Crippen LogP contribution is -2.52. The lowest BCUT2D eigenvalue weighted by atomic mass is 9.99. The van der Waals surface area contributed by atoms with Crippen LogP contribution in [0.2, 0.25) is 0 Å². The van der Waals surface area contributed by atoms with Crippen LogP contribution in [0, 0.1) is 10.1 Å². The molecule has 35 heavy (non-hydrogen) atoms. The zero-order valence-electron chi connectivity index (χ0n) is 19.1. The van der Waals surface area contributed by atoms with Crippen molar-refractivity contribution in [3.63, 3.8) is 0 Å². The highest BCUT2D eigenvalue weighted by atomic mass is 19.4. The van der Waals surface area contributed by atoms with Gasteiger partial charge in [-0.25, -0.2) is 4.79 Å². The summed E-state index contributed by atoms with van der Waals surface area (Å²) < 4.78 is 45.7. The van der Waals surface area contributed by atoms with Gasteiger partial charge in [-0.15, -0.1) is 0 Å². The summed E-state index contributed by atoms with van der Waals surface area (Å²) >= 11 is 0. The Morgan fingerprint density at radius 3 is 2.51 bits per heavy atom. The largest absolute Gasteiger partial charge is 0.465 e. The minimum Gasteiger partial charge on any atom is -0.465 e. The Balaban J connectivity index is 1.28. The predicted octanol–water partition coefficient (Wildman–Crippen LogP) is 3.65. The van der Waals surface area contributed by atoms with E-state index in [0.717, 1.165) is 12.1 Å². The SMILES string of the molecule is C[C@]1(CN2CCC(N(CCc3ccc(C(F)(F)F)cc3)C(=O)O)CC2)Cn2cc([N+](=O)[O-])nc2O1. The van der Waals surface area contributed by atoms with Crippen LogP contribution in [0.15, 0.2) is 30.5 Å². The summed E-state index contributed by atoms with van der Waals surface area (Å²) in [7, 11) is 0. The number of nitro groups is 1. The maximum absolute atomic E-state index is 12.7. The van der Waals surface area contributed by atoms with Gasteiger partial charge in [-0.2, -0.15) is 13.2 Å². The van der Waals surface area contributed by atoms with Gasteiger partial charge in [0.05, 0.1) is 12.1 Å². The van der Waals surface area contributed by atoms with Gasteiger partial charge in [0.2, 0.25) is 0 Å². The molecule has 2 aromatic rings. The van der Waals surface area contributed by atoms with Gasteiger partial charge in [-0.3, -0.25) is 9.47 Å². The summed E-state index contributed by atoms with van der Waals surface area (Å²) in [5.41, 5.74) is -0.685.